The Labute approximate surface area is 129 Å². The lowest BCUT2D eigenvalue weighted by molar-refractivity contribution is 0.601. The van der Waals surface area contributed by atoms with E-state index in [1.807, 2.05) is 13.0 Å². The minimum Gasteiger partial charge on any atom is -0.278 e. The molecule has 0 amide bonds. The van der Waals surface area contributed by atoms with E-state index in [2.05, 4.69) is 36.6 Å². The molecular weight excluding hydrogens is 394 g/mol. The summed E-state index contributed by atoms with van der Waals surface area (Å²) in [7, 11) is -3.57. The molecule has 6 heteroatoms. The van der Waals surface area contributed by atoms with Gasteiger partial charge in [0.05, 0.1) is 10.6 Å². The van der Waals surface area contributed by atoms with Crippen molar-refractivity contribution in [1.29, 1.82) is 0 Å². The van der Waals surface area contributed by atoms with Gasteiger partial charge in [0.2, 0.25) is 0 Å². The van der Waals surface area contributed by atoms with Crippen LogP contribution in [-0.4, -0.2) is 8.42 Å². The highest BCUT2D eigenvalue weighted by Gasteiger charge is 2.16. The zero-order valence-electron chi connectivity index (χ0n) is 10.0. The summed E-state index contributed by atoms with van der Waals surface area (Å²) < 4.78 is 28.7. The van der Waals surface area contributed by atoms with E-state index in [4.69, 9.17) is 0 Å². The first-order valence-corrected chi connectivity index (χ1v) is 8.50. The van der Waals surface area contributed by atoms with Gasteiger partial charge in [-0.15, -0.1) is 0 Å². The van der Waals surface area contributed by atoms with Crippen LogP contribution in [0.4, 0.5) is 5.69 Å². The summed E-state index contributed by atoms with van der Waals surface area (Å²) in [6.07, 6.45) is 0. The van der Waals surface area contributed by atoms with E-state index < -0.39 is 10.0 Å². The fourth-order valence-electron chi connectivity index (χ4n) is 1.62. The monoisotopic (exact) mass is 403 g/mol. The summed E-state index contributed by atoms with van der Waals surface area (Å²) in [4.78, 5) is 0.240. The lowest BCUT2D eigenvalue weighted by atomic mass is 10.2. The van der Waals surface area contributed by atoms with Gasteiger partial charge < -0.3 is 0 Å². The molecule has 0 aromatic heterocycles. The number of benzene rings is 2. The third kappa shape index (κ3) is 3.38. The Morgan fingerprint density at radius 1 is 1.05 bits per heavy atom. The fraction of sp³-hybridized carbons (Fsp3) is 0.0769. The van der Waals surface area contributed by atoms with Crippen molar-refractivity contribution in [1.82, 2.24) is 0 Å². The molecule has 3 nitrogen and oxygen atoms in total. The highest BCUT2D eigenvalue weighted by molar-refractivity contribution is 9.11. The van der Waals surface area contributed by atoms with Crippen molar-refractivity contribution in [2.75, 3.05) is 4.72 Å². The van der Waals surface area contributed by atoms with Gasteiger partial charge in [-0.25, -0.2) is 8.42 Å². The predicted molar refractivity (Wildman–Crippen MR) is 83.8 cm³/mol. The van der Waals surface area contributed by atoms with Gasteiger partial charge in [0.1, 0.15) is 0 Å². The molecule has 0 atom stereocenters. The summed E-state index contributed by atoms with van der Waals surface area (Å²) >= 11 is 6.73. The number of anilines is 1. The SMILES string of the molecule is Cc1cc(Br)cc(Br)c1NS(=O)(=O)c1ccccc1. The quantitative estimate of drug-likeness (QED) is 0.827. The molecule has 0 bridgehead atoms. The second-order valence-electron chi connectivity index (χ2n) is 4.00. The van der Waals surface area contributed by atoms with Crippen LogP contribution in [0.1, 0.15) is 5.56 Å². The van der Waals surface area contributed by atoms with Crippen molar-refractivity contribution in [3.63, 3.8) is 0 Å². The molecule has 0 heterocycles. The summed E-state index contributed by atoms with van der Waals surface area (Å²) in [5, 5.41) is 0. The zero-order valence-corrected chi connectivity index (χ0v) is 14.0. The topological polar surface area (TPSA) is 46.2 Å². The van der Waals surface area contributed by atoms with Crippen LogP contribution in [0.15, 0.2) is 56.3 Å². The van der Waals surface area contributed by atoms with E-state index in [1.165, 1.54) is 0 Å². The largest absolute Gasteiger partial charge is 0.278 e. The van der Waals surface area contributed by atoms with Gasteiger partial charge in [0.25, 0.3) is 10.0 Å². The number of nitrogens with one attached hydrogen (secondary N) is 1. The number of rotatable bonds is 3. The van der Waals surface area contributed by atoms with E-state index in [0.29, 0.717) is 10.2 Å². The molecule has 0 fully saturated rings. The first-order chi connectivity index (χ1) is 8.90. The van der Waals surface area contributed by atoms with Crippen molar-refractivity contribution in [3.05, 3.63) is 57.0 Å². The van der Waals surface area contributed by atoms with Crippen LogP contribution < -0.4 is 4.72 Å². The summed E-state index contributed by atoms with van der Waals surface area (Å²) in [6.45, 7) is 1.85. The molecule has 0 aliphatic rings. The molecule has 0 unspecified atom stereocenters. The Morgan fingerprint density at radius 2 is 1.68 bits per heavy atom. The van der Waals surface area contributed by atoms with Gasteiger partial charge >= 0.3 is 0 Å². The fourth-order valence-corrected chi connectivity index (χ4v) is 4.47. The Balaban J connectivity index is 2.42. The van der Waals surface area contributed by atoms with Crippen molar-refractivity contribution in [3.8, 4) is 0 Å². The Kier molecular flexibility index (Phi) is 4.32. The molecule has 0 radical (unpaired) electrons. The molecule has 0 aliphatic carbocycles. The average molecular weight is 405 g/mol. The van der Waals surface area contributed by atoms with Crippen LogP contribution in [0.2, 0.25) is 0 Å². The maximum atomic E-state index is 12.2. The second kappa shape index (κ2) is 5.64. The van der Waals surface area contributed by atoms with Gasteiger partial charge in [-0.1, -0.05) is 34.1 Å². The maximum Gasteiger partial charge on any atom is 0.261 e. The third-order valence-corrected chi connectivity index (χ3v) is 4.99. The minimum absolute atomic E-state index is 0.240. The summed E-state index contributed by atoms with van der Waals surface area (Å²) in [5.74, 6) is 0. The van der Waals surface area contributed by atoms with Gasteiger partial charge in [0, 0.05) is 8.95 Å². The lowest BCUT2D eigenvalue weighted by Gasteiger charge is -2.13. The van der Waals surface area contributed by atoms with E-state index in [1.54, 1.807) is 36.4 Å². The smallest absolute Gasteiger partial charge is 0.261 e. The molecule has 100 valence electrons. The Bertz CT molecular complexity index is 677. The molecule has 1 N–H and O–H groups in total. The Hall–Kier alpha value is -0.850. The number of sulfonamides is 1. The van der Waals surface area contributed by atoms with Crippen molar-refractivity contribution in [2.45, 2.75) is 11.8 Å². The van der Waals surface area contributed by atoms with E-state index in [-0.39, 0.29) is 4.90 Å². The maximum absolute atomic E-state index is 12.2. The van der Waals surface area contributed by atoms with Gasteiger partial charge in [-0.05, 0) is 52.7 Å². The molecule has 2 rings (SSSR count). The summed E-state index contributed by atoms with van der Waals surface area (Å²) in [6, 6.07) is 11.9. The van der Waals surface area contributed by atoms with E-state index in [0.717, 1.165) is 10.0 Å². The molecule has 0 saturated heterocycles. The van der Waals surface area contributed by atoms with E-state index >= 15 is 0 Å². The van der Waals surface area contributed by atoms with Gasteiger partial charge in [0.15, 0.2) is 0 Å². The lowest BCUT2D eigenvalue weighted by Crippen LogP contribution is -2.14. The highest BCUT2D eigenvalue weighted by atomic mass is 79.9. The number of aryl methyl sites for hydroxylation is 1. The second-order valence-corrected chi connectivity index (χ2v) is 7.45. The average Bonchev–Trinajstić information content (AvgIpc) is 2.35. The van der Waals surface area contributed by atoms with Crippen LogP contribution in [-0.2, 0) is 10.0 Å². The number of hydrogen-bond acceptors (Lipinski definition) is 2. The number of hydrogen-bond donors (Lipinski definition) is 1. The van der Waals surface area contributed by atoms with Crippen molar-refractivity contribution >= 4 is 47.6 Å². The van der Waals surface area contributed by atoms with Gasteiger partial charge in [-0.3, -0.25) is 4.72 Å². The van der Waals surface area contributed by atoms with Crippen LogP contribution in [0.25, 0.3) is 0 Å². The molecule has 0 spiro atoms. The van der Waals surface area contributed by atoms with Gasteiger partial charge in [-0.2, -0.15) is 0 Å². The zero-order chi connectivity index (χ0) is 14.0. The molecule has 0 saturated carbocycles. The summed E-state index contributed by atoms with van der Waals surface area (Å²) in [5.41, 5.74) is 1.38. The first-order valence-electron chi connectivity index (χ1n) is 5.43. The first kappa shape index (κ1) is 14.6. The van der Waals surface area contributed by atoms with E-state index in [9.17, 15) is 8.42 Å². The van der Waals surface area contributed by atoms with Crippen LogP contribution in [0, 0.1) is 6.92 Å². The normalized spacial score (nSPS) is 11.3. The molecule has 19 heavy (non-hydrogen) atoms. The molecule has 0 aliphatic heterocycles. The molecule has 2 aromatic carbocycles. The minimum atomic E-state index is -3.57. The molecule has 2 aromatic rings. The van der Waals surface area contributed by atoms with Crippen LogP contribution in [0.3, 0.4) is 0 Å². The third-order valence-electron chi connectivity index (χ3n) is 2.54. The highest BCUT2D eigenvalue weighted by Crippen LogP contribution is 2.31. The van der Waals surface area contributed by atoms with Crippen molar-refractivity contribution < 1.29 is 8.42 Å². The standard InChI is InChI=1S/C13H11Br2NO2S/c1-9-7-10(14)8-12(15)13(9)16-19(17,18)11-5-3-2-4-6-11/h2-8,16H,1H3. The van der Waals surface area contributed by atoms with Crippen molar-refractivity contribution in [2.24, 2.45) is 0 Å². The predicted octanol–water partition coefficient (Wildman–Crippen LogP) is 4.32. The van der Waals surface area contributed by atoms with Crippen LogP contribution >= 0.6 is 31.9 Å². The number of halogens is 2. The Morgan fingerprint density at radius 3 is 2.26 bits per heavy atom. The van der Waals surface area contributed by atoms with Crippen LogP contribution in [0.5, 0.6) is 0 Å². The molecular formula is C13H11Br2NO2S.